The second kappa shape index (κ2) is 4.59. The number of ketones is 1. The van der Waals surface area contributed by atoms with Crippen molar-refractivity contribution in [3.8, 4) is 12.1 Å². The third-order valence-electron chi connectivity index (χ3n) is 3.78. The van der Waals surface area contributed by atoms with E-state index in [0.717, 1.165) is 5.56 Å². The van der Waals surface area contributed by atoms with Crippen LogP contribution in [0.2, 0.25) is 0 Å². The predicted octanol–water partition coefficient (Wildman–Crippen LogP) is 3.38. The van der Waals surface area contributed by atoms with Gasteiger partial charge in [-0.25, -0.2) is 0 Å². The van der Waals surface area contributed by atoms with E-state index in [1.165, 1.54) is 11.3 Å². The number of hydrogen-bond acceptors (Lipinski definition) is 4. The van der Waals surface area contributed by atoms with E-state index in [2.05, 4.69) is 12.1 Å². The van der Waals surface area contributed by atoms with Gasteiger partial charge in [0.05, 0.1) is 22.9 Å². The largest absolute Gasteiger partial charge is 0.293 e. The molecule has 0 bridgehead atoms. The van der Waals surface area contributed by atoms with Gasteiger partial charge in [-0.15, -0.1) is 11.3 Å². The molecule has 1 saturated carbocycles. The molecule has 1 aromatic carbocycles. The van der Waals surface area contributed by atoms with Gasteiger partial charge in [0, 0.05) is 5.92 Å². The zero-order chi connectivity index (χ0) is 14.2. The fourth-order valence-corrected chi connectivity index (χ4v) is 3.44. The summed E-state index contributed by atoms with van der Waals surface area (Å²) in [6.45, 7) is 0. The van der Waals surface area contributed by atoms with Crippen molar-refractivity contribution in [1.29, 1.82) is 10.5 Å². The molecule has 1 aliphatic rings. The molecule has 1 aliphatic carbocycles. The van der Waals surface area contributed by atoms with Gasteiger partial charge in [0.1, 0.15) is 0 Å². The van der Waals surface area contributed by atoms with E-state index in [9.17, 15) is 15.3 Å². The third kappa shape index (κ3) is 1.66. The summed E-state index contributed by atoms with van der Waals surface area (Å²) in [6, 6.07) is 17.0. The molecule has 4 heteroatoms. The summed E-state index contributed by atoms with van der Waals surface area (Å²) in [5.74, 6) is -0.983. The molecule has 0 spiro atoms. The lowest BCUT2D eigenvalue weighted by Crippen LogP contribution is -2.06. The van der Waals surface area contributed by atoms with Crippen molar-refractivity contribution in [1.82, 2.24) is 0 Å². The Kier molecular flexibility index (Phi) is 2.89. The van der Waals surface area contributed by atoms with Crippen LogP contribution < -0.4 is 0 Å². The molecule has 0 N–H and O–H groups in total. The number of thiophene rings is 1. The molecule has 3 nitrogen and oxygen atoms in total. The molecule has 0 amide bonds. The molecule has 96 valence electrons. The summed E-state index contributed by atoms with van der Waals surface area (Å²) < 4.78 is 0. The normalized spacial score (nSPS) is 22.5. The Balaban J connectivity index is 2.01. The van der Waals surface area contributed by atoms with Crippen molar-refractivity contribution in [3.63, 3.8) is 0 Å². The van der Waals surface area contributed by atoms with E-state index in [-0.39, 0.29) is 11.7 Å². The maximum Gasteiger partial charge on any atom is 0.179 e. The molecule has 20 heavy (non-hydrogen) atoms. The van der Waals surface area contributed by atoms with E-state index in [4.69, 9.17) is 0 Å². The van der Waals surface area contributed by atoms with Crippen molar-refractivity contribution in [2.24, 2.45) is 11.3 Å². The molecule has 2 atom stereocenters. The Labute approximate surface area is 120 Å². The predicted molar refractivity (Wildman–Crippen MR) is 75.0 cm³/mol. The van der Waals surface area contributed by atoms with Gasteiger partial charge in [-0.3, -0.25) is 4.79 Å². The molecule has 3 rings (SSSR count). The summed E-state index contributed by atoms with van der Waals surface area (Å²) in [5.41, 5.74) is -0.340. The lowest BCUT2D eigenvalue weighted by atomic mass is 10.0. The van der Waals surface area contributed by atoms with Crippen LogP contribution in [0.15, 0.2) is 47.8 Å². The van der Waals surface area contributed by atoms with Gasteiger partial charge < -0.3 is 0 Å². The summed E-state index contributed by atoms with van der Waals surface area (Å²) in [6.07, 6.45) is 0. The Morgan fingerprint density at radius 1 is 1.10 bits per heavy atom. The molecule has 0 aliphatic heterocycles. The highest BCUT2D eigenvalue weighted by molar-refractivity contribution is 7.12. The number of benzene rings is 1. The molecule has 0 radical (unpaired) electrons. The quantitative estimate of drug-likeness (QED) is 0.808. The summed E-state index contributed by atoms with van der Waals surface area (Å²) in [5, 5.41) is 20.6. The molecule has 1 heterocycles. The molecule has 1 fully saturated rings. The van der Waals surface area contributed by atoms with E-state index in [1.807, 2.05) is 35.7 Å². The van der Waals surface area contributed by atoms with Crippen LogP contribution in [0, 0.1) is 34.0 Å². The summed E-state index contributed by atoms with van der Waals surface area (Å²) in [4.78, 5) is 13.1. The third-order valence-corrected chi connectivity index (χ3v) is 4.66. The number of nitriles is 2. The minimum atomic E-state index is -1.22. The molecule has 1 aromatic heterocycles. The van der Waals surface area contributed by atoms with Gasteiger partial charge >= 0.3 is 0 Å². The smallest absolute Gasteiger partial charge is 0.179 e. The van der Waals surface area contributed by atoms with Gasteiger partial charge in [-0.1, -0.05) is 36.4 Å². The number of nitrogens with zero attached hydrogens (tertiary/aromatic N) is 2. The standard InChI is InChI=1S/C16H10N2OS/c17-9-16(10-18)13(11-5-2-1-3-6-11)14(16)15(19)12-7-4-8-20-12/h1-8,13-14H/t13-,14+/m0/s1. The lowest BCUT2D eigenvalue weighted by molar-refractivity contribution is 0.0962. The second-order valence-corrected chi connectivity index (χ2v) is 5.75. The van der Waals surface area contributed by atoms with E-state index < -0.39 is 11.3 Å². The Morgan fingerprint density at radius 3 is 2.35 bits per heavy atom. The maximum absolute atomic E-state index is 12.5. The van der Waals surface area contributed by atoms with Crippen LogP contribution in [-0.4, -0.2) is 5.78 Å². The van der Waals surface area contributed by atoms with Crippen molar-refractivity contribution in [3.05, 3.63) is 58.3 Å². The first kappa shape index (κ1) is 12.6. The Morgan fingerprint density at radius 2 is 1.80 bits per heavy atom. The monoisotopic (exact) mass is 278 g/mol. The fourth-order valence-electron chi connectivity index (χ4n) is 2.74. The van der Waals surface area contributed by atoms with Crippen LogP contribution in [0.1, 0.15) is 21.2 Å². The highest BCUT2D eigenvalue weighted by Gasteiger charge is 2.70. The average Bonchev–Trinajstić information content (AvgIpc) is 2.86. The first-order valence-electron chi connectivity index (χ1n) is 6.20. The molecular formula is C16H10N2OS. The van der Waals surface area contributed by atoms with E-state index >= 15 is 0 Å². The van der Waals surface area contributed by atoms with Gasteiger partial charge in [0.2, 0.25) is 0 Å². The fraction of sp³-hybridized carbons (Fsp3) is 0.188. The van der Waals surface area contributed by atoms with E-state index in [1.54, 1.807) is 12.1 Å². The Hall–Kier alpha value is -2.43. The average molecular weight is 278 g/mol. The van der Waals surface area contributed by atoms with Crippen molar-refractivity contribution >= 4 is 17.1 Å². The van der Waals surface area contributed by atoms with Crippen molar-refractivity contribution in [2.75, 3.05) is 0 Å². The highest BCUT2D eigenvalue weighted by Crippen LogP contribution is 2.65. The molecule has 2 aromatic rings. The van der Waals surface area contributed by atoms with Crippen molar-refractivity contribution in [2.45, 2.75) is 5.92 Å². The second-order valence-electron chi connectivity index (χ2n) is 4.80. The van der Waals surface area contributed by atoms with Crippen LogP contribution in [-0.2, 0) is 0 Å². The van der Waals surface area contributed by atoms with Crippen LogP contribution in [0.4, 0.5) is 0 Å². The number of Topliss-reactive ketones (excluding diaryl/α,β-unsaturated/α-hetero) is 1. The minimum absolute atomic E-state index is 0.100. The van der Waals surface area contributed by atoms with Gasteiger partial charge in [0.15, 0.2) is 11.2 Å². The maximum atomic E-state index is 12.5. The van der Waals surface area contributed by atoms with Crippen LogP contribution >= 0.6 is 11.3 Å². The van der Waals surface area contributed by atoms with Crippen molar-refractivity contribution < 1.29 is 4.79 Å². The first-order chi connectivity index (χ1) is 9.74. The summed E-state index contributed by atoms with van der Waals surface area (Å²) in [7, 11) is 0. The number of carbonyl (C=O) groups excluding carboxylic acids is 1. The molecule has 0 unspecified atom stereocenters. The number of rotatable bonds is 3. The lowest BCUT2D eigenvalue weighted by Gasteiger charge is -1.97. The number of hydrogen-bond donors (Lipinski definition) is 0. The van der Waals surface area contributed by atoms with Crippen LogP contribution in [0.5, 0.6) is 0 Å². The summed E-state index contributed by atoms with van der Waals surface area (Å²) >= 11 is 1.35. The van der Waals surface area contributed by atoms with Gasteiger partial charge in [-0.2, -0.15) is 10.5 Å². The van der Waals surface area contributed by atoms with E-state index in [0.29, 0.717) is 4.88 Å². The molecular weight excluding hydrogens is 268 g/mol. The van der Waals surface area contributed by atoms with Crippen LogP contribution in [0.25, 0.3) is 0 Å². The Bertz CT molecular complexity index is 708. The topological polar surface area (TPSA) is 64.7 Å². The zero-order valence-electron chi connectivity index (χ0n) is 10.5. The first-order valence-corrected chi connectivity index (χ1v) is 7.07. The SMILES string of the molecule is N#CC1(C#N)[C@@H](C(=O)c2cccs2)[C@@H]1c1ccccc1. The highest BCUT2D eigenvalue weighted by atomic mass is 32.1. The minimum Gasteiger partial charge on any atom is -0.293 e. The molecule has 0 saturated heterocycles. The van der Waals surface area contributed by atoms with Gasteiger partial charge in [0.25, 0.3) is 0 Å². The van der Waals surface area contributed by atoms with Crippen LogP contribution in [0.3, 0.4) is 0 Å². The van der Waals surface area contributed by atoms with Gasteiger partial charge in [-0.05, 0) is 17.0 Å². The zero-order valence-corrected chi connectivity index (χ0v) is 11.3. The number of carbonyl (C=O) groups is 1.